The van der Waals surface area contributed by atoms with Crippen molar-refractivity contribution in [3.63, 3.8) is 0 Å². The molecule has 0 saturated heterocycles. The minimum absolute atomic E-state index is 0.0480. The Labute approximate surface area is 155 Å². The SMILES string of the molecule is CCc1c(C(=O)N(CC)CC(=O)NC(C)C)cnn1-c1ccc(C)cc1. The van der Waals surface area contributed by atoms with Gasteiger partial charge in [0.05, 0.1) is 29.7 Å². The van der Waals surface area contributed by atoms with Crippen molar-refractivity contribution in [1.29, 1.82) is 0 Å². The molecule has 6 nitrogen and oxygen atoms in total. The average Bonchev–Trinajstić information content (AvgIpc) is 3.03. The van der Waals surface area contributed by atoms with Crippen molar-refractivity contribution in [3.8, 4) is 5.69 Å². The van der Waals surface area contributed by atoms with Crippen molar-refractivity contribution in [2.45, 2.75) is 47.1 Å². The van der Waals surface area contributed by atoms with Crippen LogP contribution in [0.3, 0.4) is 0 Å². The molecular formula is C20H28N4O2. The van der Waals surface area contributed by atoms with Crippen LogP contribution in [0.5, 0.6) is 0 Å². The van der Waals surface area contributed by atoms with Crippen LogP contribution in [0.15, 0.2) is 30.5 Å². The second kappa shape index (κ2) is 8.65. The summed E-state index contributed by atoms with van der Waals surface area (Å²) in [5.74, 6) is -0.319. The maximum atomic E-state index is 13.0. The molecule has 0 spiro atoms. The van der Waals surface area contributed by atoms with Crippen LogP contribution >= 0.6 is 0 Å². The summed E-state index contributed by atoms with van der Waals surface area (Å²) in [4.78, 5) is 26.6. The first kappa shape index (κ1) is 19.7. The van der Waals surface area contributed by atoms with Crippen molar-refractivity contribution in [2.24, 2.45) is 0 Å². The molecule has 2 aromatic rings. The molecule has 2 rings (SSSR count). The molecule has 0 bridgehead atoms. The van der Waals surface area contributed by atoms with Crippen LogP contribution in [-0.2, 0) is 11.2 Å². The molecule has 1 aromatic heterocycles. The Balaban J connectivity index is 2.27. The summed E-state index contributed by atoms with van der Waals surface area (Å²) in [6.45, 7) is 10.2. The number of carbonyl (C=O) groups excluding carboxylic acids is 2. The average molecular weight is 356 g/mol. The molecule has 0 aliphatic rings. The molecule has 0 atom stereocenters. The molecule has 0 aliphatic carbocycles. The van der Waals surface area contributed by atoms with E-state index in [-0.39, 0.29) is 24.4 Å². The van der Waals surface area contributed by atoms with Gasteiger partial charge < -0.3 is 10.2 Å². The summed E-state index contributed by atoms with van der Waals surface area (Å²) in [6, 6.07) is 8.07. The van der Waals surface area contributed by atoms with Crippen LogP contribution in [0.4, 0.5) is 0 Å². The lowest BCUT2D eigenvalue weighted by molar-refractivity contribution is -0.122. The van der Waals surface area contributed by atoms with Crippen LogP contribution in [0.25, 0.3) is 5.69 Å². The number of benzene rings is 1. The molecule has 0 fully saturated rings. The highest BCUT2D eigenvalue weighted by molar-refractivity contribution is 5.97. The van der Waals surface area contributed by atoms with Crippen molar-refractivity contribution < 1.29 is 9.59 Å². The molecule has 0 radical (unpaired) electrons. The van der Waals surface area contributed by atoms with Crippen LogP contribution < -0.4 is 5.32 Å². The Kier molecular flexibility index (Phi) is 6.55. The summed E-state index contributed by atoms with van der Waals surface area (Å²) >= 11 is 0. The first-order valence-corrected chi connectivity index (χ1v) is 9.09. The third kappa shape index (κ3) is 4.50. The molecule has 1 N–H and O–H groups in total. The second-order valence-electron chi connectivity index (χ2n) is 6.65. The molecule has 26 heavy (non-hydrogen) atoms. The molecule has 1 aromatic carbocycles. The summed E-state index contributed by atoms with van der Waals surface area (Å²) in [5, 5.41) is 7.25. The van der Waals surface area contributed by atoms with E-state index in [2.05, 4.69) is 10.4 Å². The number of hydrogen-bond donors (Lipinski definition) is 1. The maximum Gasteiger partial charge on any atom is 0.257 e. The number of likely N-dealkylation sites (N-methyl/N-ethyl adjacent to an activating group) is 1. The van der Waals surface area contributed by atoms with Crippen molar-refractivity contribution >= 4 is 11.8 Å². The second-order valence-corrected chi connectivity index (χ2v) is 6.65. The predicted molar refractivity (Wildman–Crippen MR) is 103 cm³/mol. The third-order valence-corrected chi connectivity index (χ3v) is 4.17. The van der Waals surface area contributed by atoms with E-state index in [4.69, 9.17) is 0 Å². The highest BCUT2D eigenvalue weighted by Gasteiger charge is 2.23. The summed E-state index contributed by atoms with van der Waals surface area (Å²) in [7, 11) is 0. The van der Waals surface area contributed by atoms with Crippen LogP contribution in [0.1, 0.15) is 49.3 Å². The van der Waals surface area contributed by atoms with Gasteiger partial charge in [-0.2, -0.15) is 5.10 Å². The lowest BCUT2D eigenvalue weighted by Crippen LogP contribution is -2.42. The largest absolute Gasteiger partial charge is 0.352 e. The van der Waals surface area contributed by atoms with Gasteiger partial charge in [0.15, 0.2) is 0 Å². The van der Waals surface area contributed by atoms with Gasteiger partial charge in [-0.3, -0.25) is 9.59 Å². The van der Waals surface area contributed by atoms with Gasteiger partial charge in [0.25, 0.3) is 5.91 Å². The van der Waals surface area contributed by atoms with Crippen LogP contribution in [0, 0.1) is 6.92 Å². The smallest absolute Gasteiger partial charge is 0.257 e. The van der Waals surface area contributed by atoms with E-state index in [1.807, 2.05) is 58.9 Å². The fraction of sp³-hybridized carbons (Fsp3) is 0.450. The highest BCUT2D eigenvalue weighted by Crippen LogP contribution is 2.18. The number of amides is 2. The Morgan fingerprint density at radius 2 is 1.85 bits per heavy atom. The van der Waals surface area contributed by atoms with E-state index in [9.17, 15) is 9.59 Å². The summed E-state index contributed by atoms with van der Waals surface area (Å²) in [5.41, 5.74) is 3.49. The zero-order valence-electron chi connectivity index (χ0n) is 16.2. The van der Waals surface area contributed by atoms with Gasteiger partial charge in [-0.1, -0.05) is 24.6 Å². The highest BCUT2D eigenvalue weighted by atomic mass is 16.2. The molecule has 2 amide bonds. The van der Waals surface area contributed by atoms with Gasteiger partial charge in [0.2, 0.25) is 5.91 Å². The maximum absolute atomic E-state index is 13.0. The number of aryl methyl sites for hydroxylation is 1. The summed E-state index contributed by atoms with van der Waals surface area (Å²) < 4.78 is 1.80. The first-order valence-electron chi connectivity index (χ1n) is 9.09. The molecular weight excluding hydrogens is 328 g/mol. The van der Waals surface area contributed by atoms with E-state index < -0.39 is 0 Å². The zero-order chi connectivity index (χ0) is 19.3. The van der Waals surface area contributed by atoms with E-state index in [0.29, 0.717) is 18.5 Å². The number of hydrogen-bond acceptors (Lipinski definition) is 3. The van der Waals surface area contributed by atoms with Gasteiger partial charge in [0, 0.05) is 12.6 Å². The lowest BCUT2D eigenvalue weighted by Gasteiger charge is -2.21. The van der Waals surface area contributed by atoms with E-state index >= 15 is 0 Å². The minimum Gasteiger partial charge on any atom is -0.352 e. The van der Waals surface area contributed by atoms with Gasteiger partial charge >= 0.3 is 0 Å². The topological polar surface area (TPSA) is 67.2 Å². The fourth-order valence-electron chi connectivity index (χ4n) is 2.84. The molecule has 6 heteroatoms. The van der Waals surface area contributed by atoms with Gasteiger partial charge in [0.1, 0.15) is 0 Å². The van der Waals surface area contributed by atoms with Crippen LogP contribution in [0.2, 0.25) is 0 Å². The molecule has 140 valence electrons. The third-order valence-electron chi connectivity index (χ3n) is 4.17. The fourth-order valence-corrected chi connectivity index (χ4v) is 2.84. The zero-order valence-corrected chi connectivity index (χ0v) is 16.2. The van der Waals surface area contributed by atoms with E-state index in [0.717, 1.165) is 11.4 Å². The Morgan fingerprint density at radius 3 is 2.38 bits per heavy atom. The number of nitrogens with one attached hydrogen (secondary N) is 1. The number of nitrogens with zero attached hydrogens (tertiary/aromatic N) is 3. The lowest BCUT2D eigenvalue weighted by atomic mass is 10.1. The minimum atomic E-state index is -0.165. The standard InChI is InChI=1S/C20H28N4O2/c1-6-18-17(12-21-24(18)16-10-8-15(5)9-11-16)20(26)23(7-2)13-19(25)22-14(3)4/h8-12,14H,6-7,13H2,1-5H3,(H,22,25). The molecule has 1 heterocycles. The Morgan fingerprint density at radius 1 is 1.19 bits per heavy atom. The Hall–Kier alpha value is -2.63. The number of rotatable bonds is 7. The molecule has 0 saturated carbocycles. The molecule has 0 unspecified atom stereocenters. The van der Waals surface area contributed by atoms with Crippen molar-refractivity contribution in [3.05, 3.63) is 47.3 Å². The van der Waals surface area contributed by atoms with Gasteiger partial charge in [-0.15, -0.1) is 0 Å². The number of aromatic nitrogens is 2. The summed E-state index contributed by atoms with van der Waals surface area (Å²) in [6.07, 6.45) is 2.27. The van der Waals surface area contributed by atoms with Crippen molar-refractivity contribution in [2.75, 3.05) is 13.1 Å². The van der Waals surface area contributed by atoms with Gasteiger partial charge in [-0.05, 0) is 46.2 Å². The monoisotopic (exact) mass is 356 g/mol. The Bertz CT molecular complexity index is 763. The van der Waals surface area contributed by atoms with E-state index in [1.165, 1.54) is 5.56 Å². The predicted octanol–water partition coefficient (Wildman–Crippen LogP) is 2.73. The number of carbonyl (C=O) groups is 2. The van der Waals surface area contributed by atoms with Crippen LogP contribution in [-0.4, -0.2) is 45.6 Å². The van der Waals surface area contributed by atoms with Crippen molar-refractivity contribution in [1.82, 2.24) is 20.0 Å². The van der Waals surface area contributed by atoms with E-state index in [1.54, 1.807) is 15.8 Å². The molecule has 0 aliphatic heterocycles. The first-order chi connectivity index (χ1) is 12.4. The normalized spacial score (nSPS) is 10.8. The quantitative estimate of drug-likeness (QED) is 0.829. The van der Waals surface area contributed by atoms with Gasteiger partial charge in [-0.25, -0.2) is 4.68 Å².